The highest BCUT2D eigenvalue weighted by molar-refractivity contribution is 5.78. The molecule has 1 aromatic heterocycles. The first kappa shape index (κ1) is 14.5. The van der Waals surface area contributed by atoms with Gasteiger partial charge in [0, 0.05) is 19.6 Å². The zero-order chi connectivity index (χ0) is 14.7. The first-order valence-corrected chi connectivity index (χ1v) is 7.80. The van der Waals surface area contributed by atoms with Crippen LogP contribution >= 0.6 is 0 Å². The smallest absolute Gasteiger partial charge is 0.234 e. The summed E-state index contributed by atoms with van der Waals surface area (Å²) in [6, 6.07) is 0.0402. The Morgan fingerprint density at radius 3 is 3.05 bits per heavy atom. The summed E-state index contributed by atoms with van der Waals surface area (Å²) in [4.78, 5) is 13.4. The summed E-state index contributed by atoms with van der Waals surface area (Å²) in [5.41, 5.74) is 0.862. The van der Waals surface area contributed by atoms with Gasteiger partial charge in [-0.3, -0.25) is 9.69 Å². The van der Waals surface area contributed by atoms with E-state index in [0.717, 1.165) is 37.9 Å². The number of nitrogens with one attached hydrogen (secondary N) is 1. The van der Waals surface area contributed by atoms with E-state index < -0.39 is 0 Å². The summed E-state index contributed by atoms with van der Waals surface area (Å²) in [6.45, 7) is 2.58. The second kappa shape index (κ2) is 6.53. The number of carbonyl (C=O) groups excluding carboxylic acids is 1. The third-order valence-corrected chi connectivity index (χ3v) is 4.34. The van der Waals surface area contributed by atoms with E-state index in [9.17, 15) is 9.90 Å². The fraction of sp³-hybridized carbons (Fsp3) is 0.786. The lowest BCUT2D eigenvalue weighted by Crippen LogP contribution is -2.47. The highest BCUT2D eigenvalue weighted by Gasteiger charge is 2.25. The second-order valence-electron chi connectivity index (χ2n) is 6.02. The minimum atomic E-state index is -0.331. The van der Waals surface area contributed by atoms with Crippen LogP contribution in [0.3, 0.4) is 0 Å². The van der Waals surface area contributed by atoms with Crippen molar-refractivity contribution in [2.75, 3.05) is 19.6 Å². The minimum Gasteiger partial charge on any atom is -0.391 e. The number of carbonyl (C=O) groups is 1. The molecule has 2 aliphatic rings. The first-order chi connectivity index (χ1) is 10.2. The normalized spacial score (nSPS) is 28.1. The predicted octanol–water partition coefficient (Wildman–Crippen LogP) is 0.0760. The molecule has 0 unspecified atom stereocenters. The average Bonchev–Trinajstić information content (AvgIpc) is 2.80. The van der Waals surface area contributed by atoms with Crippen molar-refractivity contribution in [1.82, 2.24) is 25.2 Å². The SMILES string of the molecule is O=C1CN(Cc2cn([C@@H]3CCCCC[C@H]3O)nn2)CCN1. The average molecular weight is 293 g/mol. The Bertz CT molecular complexity index is 489. The van der Waals surface area contributed by atoms with E-state index in [2.05, 4.69) is 20.5 Å². The van der Waals surface area contributed by atoms with Crippen LogP contribution in [0.25, 0.3) is 0 Å². The molecule has 1 aromatic rings. The molecule has 7 heteroatoms. The molecular weight excluding hydrogens is 270 g/mol. The number of aromatic nitrogens is 3. The van der Waals surface area contributed by atoms with E-state index in [1.165, 1.54) is 6.42 Å². The fourth-order valence-electron chi connectivity index (χ4n) is 3.18. The van der Waals surface area contributed by atoms with Crippen LogP contribution in [-0.2, 0) is 11.3 Å². The molecule has 7 nitrogen and oxygen atoms in total. The maximum atomic E-state index is 11.4. The maximum absolute atomic E-state index is 11.4. The van der Waals surface area contributed by atoms with Gasteiger partial charge in [-0.25, -0.2) is 4.68 Å². The van der Waals surface area contributed by atoms with Gasteiger partial charge in [-0.2, -0.15) is 0 Å². The molecule has 21 heavy (non-hydrogen) atoms. The number of nitrogens with zero attached hydrogens (tertiary/aromatic N) is 4. The molecule has 1 aliphatic carbocycles. The van der Waals surface area contributed by atoms with Crippen LogP contribution in [0, 0.1) is 0 Å². The molecule has 1 saturated heterocycles. The molecule has 3 rings (SSSR count). The first-order valence-electron chi connectivity index (χ1n) is 7.80. The van der Waals surface area contributed by atoms with Gasteiger partial charge in [-0.05, 0) is 12.8 Å². The zero-order valence-corrected chi connectivity index (χ0v) is 12.2. The summed E-state index contributed by atoms with van der Waals surface area (Å²) in [6.07, 6.45) is 6.78. The van der Waals surface area contributed by atoms with Crippen molar-refractivity contribution in [3.63, 3.8) is 0 Å². The number of aliphatic hydroxyl groups excluding tert-OH is 1. The highest BCUT2D eigenvalue weighted by Crippen LogP contribution is 2.27. The molecule has 1 saturated carbocycles. The topological polar surface area (TPSA) is 83.3 Å². The quantitative estimate of drug-likeness (QED) is 0.771. The molecule has 116 valence electrons. The lowest BCUT2D eigenvalue weighted by Gasteiger charge is -2.25. The molecular formula is C14H23N5O2. The van der Waals surface area contributed by atoms with Crippen LogP contribution in [0.4, 0.5) is 0 Å². The van der Waals surface area contributed by atoms with E-state index in [-0.39, 0.29) is 18.1 Å². The molecule has 1 aliphatic heterocycles. The number of hydrogen-bond donors (Lipinski definition) is 2. The van der Waals surface area contributed by atoms with Gasteiger partial charge >= 0.3 is 0 Å². The Morgan fingerprint density at radius 2 is 2.19 bits per heavy atom. The van der Waals surface area contributed by atoms with Gasteiger partial charge in [0.05, 0.1) is 30.6 Å². The molecule has 2 heterocycles. The number of aliphatic hydroxyl groups is 1. The van der Waals surface area contributed by atoms with Crippen molar-refractivity contribution in [2.45, 2.75) is 50.8 Å². The van der Waals surface area contributed by atoms with Crippen molar-refractivity contribution in [1.29, 1.82) is 0 Å². The van der Waals surface area contributed by atoms with Crippen LogP contribution in [0.2, 0.25) is 0 Å². The third-order valence-electron chi connectivity index (χ3n) is 4.34. The number of rotatable bonds is 3. The number of piperazine rings is 1. The largest absolute Gasteiger partial charge is 0.391 e. The summed E-state index contributed by atoms with van der Waals surface area (Å²) >= 11 is 0. The van der Waals surface area contributed by atoms with Crippen molar-refractivity contribution in [3.05, 3.63) is 11.9 Å². The Hall–Kier alpha value is -1.47. The molecule has 1 amide bonds. The summed E-state index contributed by atoms with van der Waals surface area (Å²) in [5.74, 6) is 0.0628. The van der Waals surface area contributed by atoms with Crippen LogP contribution < -0.4 is 5.32 Å². The lowest BCUT2D eigenvalue weighted by molar-refractivity contribution is -0.124. The molecule has 0 bridgehead atoms. The van der Waals surface area contributed by atoms with E-state index in [1.807, 2.05) is 10.9 Å². The molecule has 0 radical (unpaired) electrons. The van der Waals surface area contributed by atoms with Gasteiger partial charge in [0.2, 0.25) is 5.91 Å². The van der Waals surface area contributed by atoms with E-state index in [4.69, 9.17) is 0 Å². The molecule has 2 atom stereocenters. The highest BCUT2D eigenvalue weighted by atomic mass is 16.3. The molecule has 0 spiro atoms. The van der Waals surface area contributed by atoms with Gasteiger partial charge in [0.25, 0.3) is 0 Å². The lowest BCUT2D eigenvalue weighted by atomic mass is 10.1. The summed E-state index contributed by atoms with van der Waals surface area (Å²) in [5, 5.41) is 21.4. The van der Waals surface area contributed by atoms with Crippen molar-refractivity contribution in [2.24, 2.45) is 0 Å². The van der Waals surface area contributed by atoms with E-state index >= 15 is 0 Å². The standard InChI is InChI=1S/C14H23N5O2/c20-13-5-3-1-2-4-12(13)19-9-11(16-17-19)8-18-7-6-15-14(21)10-18/h9,12-13,20H,1-8,10H2,(H,15,21)/t12-,13-/m1/s1. The summed E-state index contributed by atoms with van der Waals surface area (Å²) in [7, 11) is 0. The monoisotopic (exact) mass is 293 g/mol. The van der Waals surface area contributed by atoms with Crippen LogP contribution in [-0.4, -0.2) is 56.6 Å². The predicted molar refractivity (Wildman–Crippen MR) is 76.4 cm³/mol. The van der Waals surface area contributed by atoms with E-state index in [1.54, 1.807) is 0 Å². The Kier molecular flexibility index (Phi) is 4.50. The van der Waals surface area contributed by atoms with Gasteiger partial charge in [-0.1, -0.05) is 24.5 Å². The molecule has 2 N–H and O–H groups in total. The second-order valence-corrected chi connectivity index (χ2v) is 6.02. The summed E-state index contributed by atoms with van der Waals surface area (Å²) < 4.78 is 1.81. The van der Waals surface area contributed by atoms with Crippen molar-refractivity contribution >= 4 is 5.91 Å². The fourth-order valence-corrected chi connectivity index (χ4v) is 3.18. The van der Waals surface area contributed by atoms with Crippen molar-refractivity contribution < 1.29 is 9.90 Å². The Morgan fingerprint density at radius 1 is 1.33 bits per heavy atom. The van der Waals surface area contributed by atoms with Gasteiger partial charge in [0.1, 0.15) is 0 Å². The van der Waals surface area contributed by atoms with Gasteiger partial charge in [-0.15, -0.1) is 5.10 Å². The van der Waals surface area contributed by atoms with Gasteiger partial charge < -0.3 is 10.4 Å². The Balaban J connectivity index is 1.63. The van der Waals surface area contributed by atoms with Crippen LogP contribution in [0.1, 0.15) is 43.8 Å². The van der Waals surface area contributed by atoms with Crippen molar-refractivity contribution in [3.8, 4) is 0 Å². The van der Waals surface area contributed by atoms with E-state index in [0.29, 0.717) is 19.6 Å². The Labute approximate surface area is 124 Å². The number of hydrogen-bond acceptors (Lipinski definition) is 5. The molecule has 0 aromatic carbocycles. The van der Waals surface area contributed by atoms with Crippen LogP contribution in [0.5, 0.6) is 0 Å². The minimum absolute atomic E-state index is 0.0402. The number of amides is 1. The van der Waals surface area contributed by atoms with Crippen LogP contribution in [0.15, 0.2) is 6.20 Å². The zero-order valence-electron chi connectivity index (χ0n) is 12.2. The maximum Gasteiger partial charge on any atom is 0.234 e. The molecule has 2 fully saturated rings. The third kappa shape index (κ3) is 3.59. The van der Waals surface area contributed by atoms with Gasteiger partial charge in [0.15, 0.2) is 0 Å².